The number of aliphatic hydroxyl groups excluding tert-OH is 1. The van der Waals surface area contributed by atoms with Gasteiger partial charge in [-0.2, -0.15) is 0 Å². The molecule has 1 heterocycles. The van der Waals surface area contributed by atoms with Gasteiger partial charge in [-0.15, -0.1) is 0 Å². The first kappa shape index (κ1) is 18.0. The van der Waals surface area contributed by atoms with Gasteiger partial charge in [-0.05, 0) is 63.1 Å². The van der Waals surface area contributed by atoms with Crippen LogP contribution in [0.4, 0.5) is 20.6 Å². The zero-order valence-electron chi connectivity index (χ0n) is 14.7. The van der Waals surface area contributed by atoms with Crippen molar-refractivity contribution in [2.45, 2.75) is 51.0 Å². The molecule has 2 fully saturated rings. The Hall–Kier alpha value is -1.82. The Kier molecular flexibility index (Phi) is 6.13. The number of halogens is 1. The summed E-state index contributed by atoms with van der Waals surface area (Å²) in [4.78, 5) is 16.8. The second kappa shape index (κ2) is 8.52. The van der Waals surface area contributed by atoms with Crippen molar-refractivity contribution >= 4 is 17.4 Å². The molecule has 1 saturated heterocycles. The number of rotatable bonds is 7. The minimum absolute atomic E-state index is 0.142. The van der Waals surface area contributed by atoms with Gasteiger partial charge in [0.25, 0.3) is 0 Å². The second-order valence-electron chi connectivity index (χ2n) is 6.99. The lowest BCUT2D eigenvalue weighted by molar-refractivity contribution is 0.204. The Morgan fingerprint density at radius 3 is 2.68 bits per heavy atom. The molecular formula is C19H28FN3O2. The van der Waals surface area contributed by atoms with Crippen LogP contribution in [0.15, 0.2) is 18.2 Å². The third-order valence-electron chi connectivity index (χ3n) is 4.95. The van der Waals surface area contributed by atoms with Gasteiger partial charge in [-0.25, -0.2) is 9.18 Å². The van der Waals surface area contributed by atoms with E-state index in [2.05, 4.69) is 10.2 Å². The second-order valence-corrected chi connectivity index (χ2v) is 6.99. The van der Waals surface area contributed by atoms with Crippen molar-refractivity contribution < 1.29 is 14.3 Å². The molecule has 6 heteroatoms. The van der Waals surface area contributed by atoms with Crippen LogP contribution in [0.2, 0.25) is 0 Å². The van der Waals surface area contributed by atoms with E-state index in [1.165, 1.54) is 18.6 Å². The number of piperidine rings is 1. The Morgan fingerprint density at radius 1 is 1.24 bits per heavy atom. The van der Waals surface area contributed by atoms with E-state index in [0.29, 0.717) is 18.7 Å². The van der Waals surface area contributed by atoms with Crippen LogP contribution < -0.4 is 10.2 Å². The van der Waals surface area contributed by atoms with Gasteiger partial charge in [-0.1, -0.05) is 0 Å². The predicted octanol–water partition coefficient (Wildman–Crippen LogP) is 3.58. The van der Waals surface area contributed by atoms with Gasteiger partial charge in [0.1, 0.15) is 5.82 Å². The van der Waals surface area contributed by atoms with Crippen molar-refractivity contribution in [2.24, 2.45) is 0 Å². The number of hydrogen-bond donors (Lipinski definition) is 2. The van der Waals surface area contributed by atoms with Gasteiger partial charge in [0.2, 0.25) is 0 Å². The molecule has 2 N–H and O–H groups in total. The minimum Gasteiger partial charge on any atom is -0.396 e. The molecule has 0 spiro atoms. The molecule has 0 unspecified atom stereocenters. The molecule has 138 valence electrons. The number of benzene rings is 1. The Bertz CT molecular complexity index is 586. The maximum Gasteiger partial charge on any atom is 0.322 e. The first-order chi connectivity index (χ1) is 12.2. The van der Waals surface area contributed by atoms with E-state index in [4.69, 9.17) is 5.11 Å². The fourth-order valence-electron chi connectivity index (χ4n) is 3.44. The van der Waals surface area contributed by atoms with Crippen LogP contribution in [0.25, 0.3) is 0 Å². The Morgan fingerprint density at radius 2 is 2.00 bits per heavy atom. The van der Waals surface area contributed by atoms with E-state index in [9.17, 15) is 9.18 Å². The summed E-state index contributed by atoms with van der Waals surface area (Å²) in [5.41, 5.74) is 1.46. The average molecular weight is 349 g/mol. The number of nitrogens with zero attached hydrogens (tertiary/aromatic N) is 2. The van der Waals surface area contributed by atoms with Crippen molar-refractivity contribution in [2.75, 3.05) is 36.5 Å². The molecule has 5 nitrogen and oxygen atoms in total. The fraction of sp³-hybridized carbons (Fsp3) is 0.632. The van der Waals surface area contributed by atoms with Crippen molar-refractivity contribution in [1.29, 1.82) is 0 Å². The fourth-order valence-corrected chi connectivity index (χ4v) is 3.44. The molecule has 0 aromatic heterocycles. The standard InChI is InChI=1S/C19H28FN3O2/c20-15-6-9-18(22-10-2-1-3-11-22)17(14-15)21-19(25)23(16-7-8-16)12-4-5-13-24/h6,9,14,16,24H,1-5,7-8,10-13H2,(H,21,25). The third-order valence-corrected chi connectivity index (χ3v) is 4.95. The lowest BCUT2D eigenvalue weighted by atomic mass is 10.1. The van der Waals surface area contributed by atoms with Crippen molar-refractivity contribution in [1.82, 2.24) is 4.90 Å². The van der Waals surface area contributed by atoms with Crippen molar-refractivity contribution in [3.63, 3.8) is 0 Å². The molecule has 1 aliphatic carbocycles. The lowest BCUT2D eigenvalue weighted by Gasteiger charge is -2.31. The molecule has 1 aromatic carbocycles. The molecule has 3 rings (SSSR count). The number of amides is 2. The maximum absolute atomic E-state index is 13.8. The quantitative estimate of drug-likeness (QED) is 0.740. The lowest BCUT2D eigenvalue weighted by Crippen LogP contribution is -2.38. The highest BCUT2D eigenvalue weighted by Crippen LogP contribution is 2.32. The molecule has 1 aromatic rings. The summed E-state index contributed by atoms with van der Waals surface area (Å²) >= 11 is 0. The number of nitrogens with one attached hydrogen (secondary N) is 1. The SMILES string of the molecule is O=C(Nc1cc(F)ccc1N1CCCCC1)N(CCCCO)C1CC1. The average Bonchev–Trinajstić information content (AvgIpc) is 3.44. The first-order valence-corrected chi connectivity index (χ1v) is 9.42. The highest BCUT2D eigenvalue weighted by atomic mass is 19.1. The van der Waals surface area contributed by atoms with Crippen LogP contribution in [0.5, 0.6) is 0 Å². The van der Waals surface area contributed by atoms with E-state index < -0.39 is 0 Å². The van der Waals surface area contributed by atoms with Crippen LogP contribution in [0, 0.1) is 5.82 Å². The van der Waals surface area contributed by atoms with Crippen molar-refractivity contribution in [3.05, 3.63) is 24.0 Å². The number of unbranched alkanes of at least 4 members (excludes halogenated alkanes) is 1. The first-order valence-electron chi connectivity index (χ1n) is 9.42. The molecule has 2 aliphatic rings. The largest absolute Gasteiger partial charge is 0.396 e. The summed E-state index contributed by atoms with van der Waals surface area (Å²) in [5.74, 6) is -0.339. The van der Waals surface area contributed by atoms with Crippen LogP contribution >= 0.6 is 0 Å². The number of carbonyl (C=O) groups excluding carboxylic acids is 1. The maximum atomic E-state index is 13.8. The molecule has 0 atom stereocenters. The van der Waals surface area contributed by atoms with Gasteiger partial charge in [0.15, 0.2) is 0 Å². The number of anilines is 2. The van der Waals surface area contributed by atoms with E-state index >= 15 is 0 Å². The number of carbonyl (C=O) groups is 1. The van der Waals surface area contributed by atoms with Crippen LogP contribution in [-0.2, 0) is 0 Å². The van der Waals surface area contributed by atoms with Crippen molar-refractivity contribution in [3.8, 4) is 0 Å². The van der Waals surface area contributed by atoms with Crippen LogP contribution in [0.1, 0.15) is 44.9 Å². The molecule has 1 saturated carbocycles. The van der Waals surface area contributed by atoms with Gasteiger partial charge in [0.05, 0.1) is 11.4 Å². The van der Waals surface area contributed by atoms with Gasteiger partial charge in [0, 0.05) is 32.3 Å². The summed E-state index contributed by atoms with van der Waals surface area (Å²) in [7, 11) is 0. The summed E-state index contributed by atoms with van der Waals surface area (Å²) in [6, 6.07) is 4.76. The van der Waals surface area contributed by atoms with E-state index in [-0.39, 0.29) is 24.5 Å². The van der Waals surface area contributed by atoms with Crippen LogP contribution in [-0.4, -0.2) is 48.3 Å². The van der Waals surface area contributed by atoms with Gasteiger partial charge in [-0.3, -0.25) is 0 Å². The summed E-state index contributed by atoms with van der Waals surface area (Å²) in [5, 5.41) is 11.9. The normalized spacial score (nSPS) is 17.4. The molecule has 0 bridgehead atoms. The zero-order chi connectivity index (χ0) is 17.6. The molecule has 2 amide bonds. The minimum atomic E-state index is -0.339. The molecule has 25 heavy (non-hydrogen) atoms. The zero-order valence-corrected chi connectivity index (χ0v) is 14.7. The molecular weight excluding hydrogens is 321 g/mol. The molecule has 0 radical (unpaired) electrons. The van der Waals surface area contributed by atoms with Crippen LogP contribution in [0.3, 0.4) is 0 Å². The smallest absolute Gasteiger partial charge is 0.322 e. The topological polar surface area (TPSA) is 55.8 Å². The highest BCUT2D eigenvalue weighted by Gasteiger charge is 2.32. The summed E-state index contributed by atoms with van der Waals surface area (Å²) in [6.45, 7) is 2.66. The van der Waals surface area contributed by atoms with Gasteiger partial charge < -0.3 is 20.2 Å². The molecule has 1 aliphatic heterocycles. The highest BCUT2D eigenvalue weighted by molar-refractivity contribution is 5.93. The third kappa shape index (κ3) is 4.84. The van der Waals surface area contributed by atoms with Gasteiger partial charge >= 0.3 is 6.03 Å². The Balaban J connectivity index is 1.71. The van der Waals surface area contributed by atoms with E-state index in [1.54, 1.807) is 6.07 Å². The number of hydrogen-bond acceptors (Lipinski definition) is 3. The number of urea groups is 1. The Labute approximate surface area is 148 Å². The summed E-state index contributed by atoms with van der Waals surface area (Å²) in [6.07, 6.45) is 6.99. The monoisotopic (exact) mass is 349 g/mol. The predicted molar refractivity (Wildman–Crippen MR) is 97.5 cm³/mol. The number of aliphatic hydroxyl groups is 1. The van der Waals surface area contributed by atoms with E-state index in [1.807, 2.05) is 4.90 Å². The van der Waals surface area contributed by atoms with E-state index in [0.717, 1.165) is 50.9 Å². The summed E-state index contributed by atoms with van der Waals surface area (Å²) < 4.78 is 13.8.